The lowest BCUT2D eigenvalue weighted by Crippen LogP contribution is -2.61. The average Bonchev–Trinajstić information content (AvgIpc) is 3.44. The predicted molar refractivity (Wildman–Crippen MR) is 329 cm³/mol. The van der Waals surface area contributed by atoms with Crippen molar-refractivity contribution in [3.8, 4) is 0 Å². The zero-order valence-corrected chi connectivity index (χ0v) is 52.5. The van der Waals surface area contributed by atoms with Crippen molar-refractivity contribution in [2.24, 2.45) is 0 Å². The lowest BCUT2D eigenvalue weighted by atomic mass is 9.99. The monoisotopic (exact) mass is 1150 g/mol. The molecule has 7 unspecified atom stereocenters. The van der Waals surface area contributed by atoms with Crippen LogP contribution in [0.5, 0.6) is 0 Å². The number of nitrogens with one attached hydrogen (secondary N) is 1. The molecule has 0 bridgehead atoms. The Bertz CT molecular complexity index is 1390. The maximum absolute atomic E-state index is 13.2. The van der Waals surface area contributed by atoms with E-state index in [-0.39, 0.29) is 12.5 Å². The third kappa shape index (κ3) is 48.1. The van der Waals surface area contributed by atoms with Gasteiger partial charge in [0, 0.05) is 6.42 Å². The molecular weight excluding hydrogens is 1010 g/mol. The molecule has 12 nitrogen and oxygen atoms in total. The Morgan fingerprint density at radius 2 is 0.734 bits per heavy atom. The van der Waals surface area contributed by atoms with Crippen LogP contribution >= 0.6 is 0 Å². The van der Waals surface area contributed by atoms with Crippen LogP contribution < -0.4 is 5.32 Å². The maximum Gasteiger partial charge on any atom is 0.397 e. The van der Waals surface area contributed by atoms with Gasteiger partial charge in [0.15, 0.2) is 6.29 Å². The topological polar surface area (TPSA) is 192 Å². The van der Waals surface area contributed by atoms with E-state index in [1.807, 2.05) is 0 Å². The number of amides is 1. The van der Waals surface area contributed by atoms with Gasteiger partial charge in [-0.1, -0.05) is 341 Å². The molecule has 0 saturated carbocycles. The molecular formula is C66H131NO11S. The summed E-state index contributed by atoms with van der Waals surface area (Å²) in [4.78, 5) is 13.2. The van der Waals surface area contributed by atoms with Crippen molar-refractivity contribution in [2.45, 2.75) is 403 Å². The second-order valence-corrected chi connectivity index (χ2v) is 25.5. The Morgan fingerprint density at radius 1 is 0.456 bits per heavy atom. The summed E-state index contributed by atoms with van der Waals surface area (Å²) in [5.74, 6) is -0.219. The molecule has 0 aromatic carbocycles. The Kier molecular flexibility index (Phi) is 54.2. The minimum Gasteiger partial charge on any atom is -0.394 e. The number of aliphatic hydroxyl groups is 4. The van der Waals surface area contributed by atoms with Gasteiger partial charge in [0.1, 0.15) is 24.4 Å². The first-order chi connectivity index (χ1) is 38.5. The number of aliphatic hydroxyl groups excluding tert-OH is 4. The summed E-state index contributed by atoms with van der Waals surface area (Å²) in [6, 6.07) is -0.855. The minimum absolute atomic E-state index is 0.219. The number of ether oxygens (including phenoxy) is 2. The standard InChI is InChI=1S/C66H131NO11S/c1-3-5-7-9-11-13-15-17-19-21-23-25-27-29-30-31-32-34-36-38-40-42-44-46-48-50-52-54-56-62(70)67-59(58-76-66-64(72)65(78-79(73,74)75)63(71)61(57-68)77-66)60(69)55-53-51-49-47-45-43-41-39-37-35-33-28-26-24-22-20-18-16-14-12-10-8-6-4-2/h59-61,63-66,68-69,71-72H,3-58H2,1-2H3,(H,67,70)(H,73,74,75). The van der Waals surface area contributed by atoms with Gasteiger partial charge in [0.05, 0.1) is 25.4 Å². The molecule has 0 aliphatic carbocycles. The number of rotatable bonds is 62. The third-order valence-corrected chi connectivity index (χ3v) is 17.4. The Hall–Kier alpha value is -0.900. The normalized spacial score (nSPS) is 18.6. The molecule has 1 rings (SSSR count). The second-order valence-electron chi connectivity index (χ2n) is 24.5. The van der Waals surface area contributed by atoms with Crippen LogP contribution in [0, 0.1) is 0 Å². The third-order valence-electron chi connectivity index (χ3n) is 16.9. The highest BCUT2D eigenvalue weighted by molar-refractivity contribution is 7.80. The predicted octanol–water partition coefficient (Wildman–Crippen LogP) is 17.6. The van der Waals surface area contributed by atoms with E-state index < -0.39 is 59.9 Å². The SMILES string of the molecule is CCCCCCCCCCCCCCCCCCCCCCCCCCCCCCC(=O)NC(COC1OC(CO)C(O)C(OS(=O)(=O)O)C1O)C(O)CCCCCCCCCCCCCCCCCCCCCCCCCC. The number of unbranched alkanes of at least 4 members (excludes halogenated alkanes) is 50. The van der Waals surface area contributed by atoms with Crippen molar-refractivity contribution < 1.29 is 51.8 Å². The van der Waals surface area contributed by atoms with E-state index in [4.69, 9.17) is 9.47 Å². The van der Waals surface area contributed by atoms with Crippen LogP contribution in [0.15, 0.2) is 0 Å². The highest BCUT2D eigenvalue weighted by Crippen LogP contribution is 2.27. The Morgan fingerprint density at radius 3 is 1.01 bits per heavy atom. The summed E-state index contributed by atoms with van der Waals surface area (Å²) in [6.07, 6.45) is 59.9. The highest BCUT2D eigenvalue weighted by Gasteiger charge is 2.48. The van der Waals surface area contributed by atoms with Gasteiger partial charge in [-0.25, -0.2) is 4.18 Å². The molecule has 1 saturated heterocycles. The van der Waals surface area contributed by atoms with Crippen molar-refractivity contribution >= 4 is 16.3 Å². The van der Waals surface area contributed by atoms with Gasteiger partial charge >= 0.3 is 10.4 Å². The van der Waals surface area contributed by atoms with Crippen LogP contribution in [0.2, 0.25) is 0 Å². The van der Waals surface area contributed by atoms with E-state index in [2.05, 4.69) is 23.3 Å². The zero-order chi connectivity index (χ0) is 57.5. The van der Waals surface area contributed by atoms with Crippen molar-refractivity contribution in [2.75, 3.05) is 13.2 Å². The van der Waals surface area contributed by atoms with Gasteiger partial charge in [-0.2, -0.15) is 8.42 Å². The fraction of sp³-hybridized carbons (Fsp3) is 0.985. The maximum atomic E-state index is 13.2. The van der Waals surface area contributed by atoms with Gasteiger partial charge in [-0.3, -0.25) is 9.35 Å². The fourth-order valence-corrected chi connectivity index (χ4v) is 12.2. The summed E-state index contributed by atoms with van der Waals surface area (Å²) in [6.45, 7) is 3.53. The first-order valence-corrected chi connectivity index (χ1v) is 35.8. The molecule has 13 heteroatoms. The summed E-state index contributed by atoms with van der Waals surface area (Å²) in [7, 11) is -5.08. The van der Waals surface area contributed by atoms with E-state index in [1.54, 1.807) is 0 Å². The van der Waals surface area contributed by atoms with E-state index in [1.165, 1.54) is 283 Å². The van der Waals surface area contributed by atoms with Gasteiger partial charge < -0.3 is 35.2 Å². The molecule has 7 atom stereocenters. The molecule has 0 spiro atoms. The summed E-state index contributed by atoms with van der Waals surface area (Å²) < 4.78 is 48.1. The largest absolute Gasteiger partial charge is 0.397 e. The molecule has 1 amide bonds. The van der Waals surface area contributed by atoms with Gasteiger partial charge in [0.2, 0.25) is 5.91 Å². The van der Waals surface area contributed by atoms with Gasteiger partial charge in [0.25, 0.3) is 0 Å². The van der Waals surface area contributed by atoms with Crippen molar-refractivity contribution in [1.82, 2.24) is 5.32 Å². The highest BCUT2D eigenvalue weighted by atomic mass is 32.3. The number of carbonyl (C=O) groups excluding carboxylic acids is 1. The number of hydrogen-bond acceptors (Lipinski definition) is 10. The quantitative estimate of drug-likeness (QED) is 0.0251. The van der Waals surface area contributed by atoms with E-state index >= 15 is 0 Å². The van der Waals surface area contributed by atoms with Crippen LogP contribution in [0.4, 0.5) is 0 Å². The molecule has 1 heterocycles. The molecule has 1 aliphatic rings. The lowest BCUT2D eigenvalue weighted by molar-refractivity contribution is -0.298. The first-order valence-electron chi connectivity index (χ1n) is 34.4. The van der Waals surface area contributed by atoms with Crippen LogP contribution in [0.3, 0.4) is 0 Å². The molecule has 0 aromatic rings. The van der Waals surface area contributed by atoms with Crippen molar-refractivity contribution in [1.29, 1.82) is 0 Å². The van der Waals surface area contributed by atoms with Crippen LogP contribution in [0.25, 0.3) is 0 Å². The summed E-state index contributed by atoms with van der Waals surface area (Å²) in [5, 5.41) is 45.3. The molecule has 0 radical (unpaired) electrons. The first kappa shape index (κ1) is 76.1. The molecule has 472 valence electrons. The van der Waals surface area contributed by atoms with E-state index in [0.717, 1.165) is 51.4 Å². The fourth-order valence-electron chi connectivity index (χ4n) is 11.6. The molecule has 0 aromatic heterocycles. The molecule has 1 aliphatic heterocycles. The molecule has 79 heavy (non-hydrogen) atoms. The number of hydrogen-bond donors (Lipinski definition) is 6. The lowest BCUT2D eigenvalue weighted by Gasteiger charge is -2.41. The van der Waals surface area contributed by atoms with Crippen molar-refractivity contribution in [3.63, 3.8) is 0 Å². The van der Waals surface area contributed by atoms with Crippen LogP contribution in [-0.4, -0.2) is 95.4 Å². The van der Waals surface area contributed by atoms with Crippen LogP contribution in [0.1, 0.15) is 361 Å². The number of carbonyl (C=O) groups is 1. The zero-order valence-electron chi connectivity index (χ0n) is 51.7. The summed E-state index contributed by atoms with van der Waals surface area (Å²) in [5.41, 5.74) is 0. The van der Waals surface area contributed by atoms with Gasteiger partial charge in [-0.05, 0) is 12.8 Å². The van der Waals surface area contributed by atoms with E-state index in [9.17, 15) is 38.2 Å². The molecule has 6 N–H and O–H groups in total. The second kappa shape index (κ2) is 56.2. The van der Waals surface area contributed by atoms with Crippen LogP contribution in [-0.2, 0) is 28.9 Å². The minimum atomic E-state index is -5.08. The molecule has 1 fully saturated rings. The van der Waals surface area contributed by atoms with E-state index in [0.29, 0.717) is 12.8 Å². The Balaban J connectivity index is 2.24. The Labute approximate surface area is 488 Å². The van der Waals surface area contributed by atoms with Crippen molar-refractivity contribution in [3.05, 3.63) is 0 Å². The smallest absolute Gasteiger partial charge is 0.394 e. The summed E-state index contributed by atoms with van der Waals surface area (Å²) >= 11 is 0. The van der Waals surface area contributed by atoms with Gasteiger partial charge in [-0.15, -0.1) is 0 Å². The average molecular weight is 1150 g/mol.